The molecule has 0 aliphatic rings. The zero-order valence-electron chi connectivity index (χ0n) is 13.5. The van der Waals surface area contributed by atoms with E-state index in [9.17, 15) is 13.6 Å². The third-order valence-corrected chi connectivity index (χ3v) is 4.62. The van der Waals surface area contributed by atoms with Gasteiger partial charge in [0.05, 0.1) is 6.61 Å². The molecule has 1 aromatic heterocycles. The monoisotopic (exact) mass is 359 g/mol. The lowest BCUT2D eigenvalue weighted by Gasteiger charge is -2.02. The molecule has 0 saturated carbocycles. The molecule has 3 nitrogen and oxygen atoms in total. The van der Waals surface area contributed by atoms with Gasteiger partial charge in [-0.15, -0.1) is 11.3 Å². The maximum atomic E-state index is 14.1. The minimum atomic E-state index is -0.586. The van der Waals surface area contributed by atoms with Crippen molar-refractivity contribution >= 4 is 17.3 Å². The number of nitrogens with zero attached hydrogens (tertiary/aromatic N) is 1. The average molecular weight is 359 g/mol. The number of rotatable bonds is 5. The van der Waals surface area contributed by atoms with E-state index in [2.05, 4.69) is 4.98 Å². The number of benzene rings is 2. The molecular weight excluding hydrogens is 344 g/mol. The summed E-state index contributed by atoms with van der Waals surface area (Å²) >= 11 is 1.17. The molecule has 0 atom stereocenters. The molecule has 0 aliphatic carbocycles. The van der Waals surface area contributed by atoms with Gasteiger partial charge in [0.15, 0.2) is 5.69 Å². The van der Waals surface area contributed by atoms with Crippen LogP contribution in [-0.2, 0) is 11.2 Å². The second-order valence-electron chi connectivity index (χ2n) is 5.30. The van der Waals surface area contributed by atoms with Crippen molar-refractivity contribution in [3.63, 3.8) is 0 Å². The van der Waals surface area contributed by atoms with E-state index < -0.39 is 17.6 Å². The van der Waals surface area contributed by atoms with Crippen LogP contribution in [0, 0.1) is 11.6 Å². The molecule has 0 N–H and O–H groups in total. The number of esters is 1. The third kappa shape index (κ3) is 3.91. The Labute approximate surface area is 147 Å². The molecule has 0 unspecified atom stereocenters. The first-order chi connectivity index (χ1) is 12.1. The van der Waals surface area contributed by atoms with Crippen molar-refractivity contribution in [1.82, 2.24) is 4.98 Å². The summed E-state index contributed by atoms with van der Waals surface area (Å²) in [4.78, 5) is 17.1. The molecule has 25 heavy (non-hydrogen) atoms. The fraction of sp³-hybridized carbons (Fsp3) is 0.158. The first-order valence-electron chi connectivity index (χ1n) is 7.74. The van der Waals surface area contributed by atoms with Crippen molar-refractivity contribution in [2.75, 3.05) is 6.61 Å². The van der Waals surface area contributed by atoms with E-state index in [1.165, 1.54) is 11.3 Å². The van der Waals surface area contributed by atoms with E-state index in [0.717, 1.165) is 23.8 Å². The predicted molar refractivity (Wildman–Crippen MR) is 92.7 cm³/mol. The van der Waals surface area contributed by atoms with Crippen LogP contribution in [0.4, 0.5) is 8.78 Å². The molecule has 6 heteroatoms. The second kappa shape index (κ2) is 7.53. The number of hydrogen-bond donors (Lipinski definition) is 0. The fourth-order valence-electron chi connectivity index (χ4n) is 2.39. The predicted octanol–water partition coefficient (Wildman–Crippen LogP) is 4.86. The van der Waals surface area contributed by atoms with Crippen LogP contribution < -0.4 is 0 Å². The van der Waals surface area contributed by atoms with Gasteiger partial charge in [-0.1, -0.05) is 30.3 Å². The normalized spacial score (nSPS) is 10.7. The number of hydrogen-bond acceptors (Lipinski definition) is 4. The second-order valence-corrected chi connectivity index (χ2v) is 6.38. The van der Waals surface area contributed by atoms with Crippen molar-refractivity contribution in [3.8, 4) is 10.6 Å². The van der Waals surface area contributed by atoms with Crippen molar-refractivity contribution in [3.05, 3.63) is 76.3 Å². The summed E-state index contributed by atoms with van der Waals surface area (Å²) in [7, 11) is 0. The molecule has 0 saturated heterocycles. The summed E-state index contributed by atoms with van der Waals surface area (Å²) in [6.45, 7) is 1.92. The number of aromatic nitrogens is 1. The molecule has 3 rings (SSSR count). The highest BCUT2D eigenvalue weighted by Gasteiger charge is 2.22. The molecule has 0 spiro atoms. The first kappa shape index (κ1) is 17.2. The molecule has 128 valence electrons. The minimum Gasteiger partial charge on any atom is -0.461 e. The van der Waals surface area contributed by atoms with Crippen LogP contribution in [-0.4, -0.2) is 17.6 Å². The Morgan fingerprint density at radius 2 is 1.92 bits per heavy atom. The molecule has 0 fully saturated rings. The molecule has 0 radical (unpaired) electrons. The molecular formula is C19H15F2NO2S. The highest BCUT2D eigenvalue weighted by Crippen LogP contribution is 2.32. The van der Waals surface area contributed by atoms with Gasteiger partial charge in [-0.3, -0.25) is 0 Å². The maximum absolute atomic E-state index is 14.1. The third-order valence-electron chi connectivity index (χ3n) is 3.53. The summed E-state index contributed by atoms with van der Waals surface area (Å²) in [5.41, 5.74) is 1.17. The minimum absolute atomic E-state index is 0.0369. The van der Waals surface area contributed by atoms with Crippen molar-refractivity contribution in [2.24, 2.45) is 0 Å². The number of halogens is 2. The summed E-state index contributed by atoms with van der Waals surface area (Å²) in [5, 5.41) is 0.256. The molecule has 2 aromatic carbocycles. The van der Waals surface area contributed by atoms with Crippen molar-refractivity contribution in [2.45, 2.75) is 13.3 Å². The van der Waals surface area contributed by atoms with E-state index in [4.69, 9.17) is 4.74 Å². The summed E-state index contributed by atoms with van der Waals surface area (Å²) in [6.07, 6.45) is 0.462. The number of thiazole rings is 1. The SMILES string of the molecule is CCOC(=O)c1nc(-c2cc(F)ccc2F)sc1Cc1ccccc1. The Morgan fingerprint density at radius 3 is 2.64 bits per heavy atom. The largest absolute Gasteiger partial charge is 0.461 e. The van der Waals surface area contributed by atoms with Crippen LogP contribution >= 0.6 is 11.3 Å². The molecule has 3 aromatic rings. The van der Waals surface area contributed by atoms with Crippen LogP contribution in [0.25, 0.3) is 10.6 Å². The fourth-order valence-corrected chi connectivity index (χ4v) is 3.49. The Hall–Kier alpha value is -2.60. The highest BCUT2D eigenvalue weighted by atomic mass is 32.1. The molecule has 0 amide bonds. The zero-order chi connectivity index (χ0) is 17.8. The Kier molecular flexibility index (Phi) is 5.19. The smallest absolute Gasteiger partial charge is 0.358 e. The van der Waals surface area contributed by atoms with E-state index >= 15 is 0 Å². The van der Waals surface area contributed by atoms with Gasteiger partial charge >= 0.3 is 5.97 Å². The molecule has 0 aliphatic heterocycles. The topological polar surface area (TPSA) is 39.2 Å². The summed E-state index contributed by atoms with van der Waals surface area (Å²) in [5.74, 6) is -1.71. The number of carbonyl (C=O) groups is 1. The quantitative estimate of drug-likeness (QED) is 0.611. The number of carbonyl (C=O) groups excluding carboxylic acids is 1. The van der Waals surface area contributed by atoms with E-state index in [1.54, 1.807) is 6.92 Å². The Morgan fingerprint density at radius 1 is 1.16 bits per heavy atom. The zero-order valence-corrected chi connectivity index (χ0v) is 14.3. The van der Waals surface area contributed by atoms with Crippen LogP contribution in [0.3, 0.4) is 0 Å². The van der Waals surface area contributed by atoms with E-state index in [-0.39, 0.29) is 22.9 Å². The van der Waals surface area contributed by atoms with Gasteiger partial charge in [0.2, 0.25) is 0 Å². The van der Waals surface area contributed by atoms with E-state index in [0.29, 0.717) is 11.3 Å². The van der Waals surface area contributed by atoms with Crippen LogP contribution in [0.5, 0.6) is 0 Å². The lowest BCUT2D eigenvalue weighted by molar-refractivity contribution is 0.0519. The summed E-state index contributed by atoms with van der Waals surface area (Å²) < 4.78 is 32.6. The van der Waals surface area contributed by atoms with Gasteiger partial charge in [-0.05, 0) is 30.7 Å². The van der Waals surface area contributed by atoms with Crippen LogP contribution in [0.1, 0.15) is 27.9 Å². The van der Waals surface area contributed by atoms with E-state index in [1.807, 2.05) is 30.3 Å². The van der Waals surface area contributed by atoms with Gasteiger partial charge in [0.25, 0.3) is 0 Å². The maximum Gasteiger partial charge on any atom is 0.358 e. The lowest BCUT2D eigenvalue weighted by atomic mass is 10.1. The van der Waals surface area contributed by atoms with Crippen molar-refractivity contribution < 1.29 is 18.3 Å². The average Bonchev–Trinajstić information content (AvgIpc) is 3.02. The Bertz CT molecular complexity index is 894. The number of ether oxygens (including phenoxy) is 1. The van der Waals surface area contributed by atoms with Gasteiger partial charge in [0.1, 0.15) is 16.6 Å². The first-order valence-corrected chi connectivity index (χ1v) is 8.56. The van der Waals surface area contributed by atoms with Crippen molar-refractivity contribution in [1.29, 1.82) is 0 Å². The molecule has 1 heterocycles. The Balaban J connectivity index is 2.05. The highest BCUT2D eigenvalue weighted by molar-refractivity contribution is 7.15. The van der Waals surface area contributed by atoms with Gasteiger partial charge in [0, 0.05) is 16.9 Å². The summed E-state index contributed by atoms with van der Waals surface area (Å²) in [6, 6.07) is 12.7. The van der Waals surface area contributed by atoms with Gasteiger partial charge in [-0.2, -0.15) is 0 Å². The van der Waals surface area contributed by atoms with Crippen LogP contribution in [0.15, 0.2) is 48.5 Å². The van der Waals surface area contributed by atoms with Crippen LogP contribution in [0.2, 0.25) is 0 Å². The van der Waals surface area contributed by atoms with Gasteiger partial charge < -0.3 is 4.74 Å². The standard InChI is InChI=1S/C19H15F2NO2S/c1-2-24-19(23)17-16(10-12-6-4-3-5-7-12)25-18(22-17)14-11-13(20)8-9-15(14)21/h3-9,11H,2,10H2,1H3. The van der Waals surface area contributed by atoms with Gasteiger partial charge in [-0.25, -0.2) is 18.6 Å². The molecule has 0 bridgehead atoms. The lowest BCUT2D eigenvalue weighted by Crippen LogP contribution is -2.08.